The molecule has 114 valence electrons. The molecule has 0 amide bonds. The lowest BCUT2D eigenvalue weighted by Gasteiger charge is -2.29. The van der Waals surface area contributed by atoms with Gasteiger partial charge in [0.2, 0.25) is 0 Å². The van der Waals surface area contributed by atoms with E-state index in [-0.39, 0.29) is 5.56 Å². The normalized spacial score (nSPS) is 15.2. The number of halogens is 7. The molecule has 8 heteroatoms. The summed E-state index contributed by atoms with van der Waals surface area (Å²) in [5.41, 5.74) is 0.191. The van der Waals surface area contributed by atoms with Gasteiger partial charge in [0, 0.05) is 6.42 Å². The Balaban J connectivity index is 3.00. The van der Waals surface area contributed by atoms with Crippen molar-refractivity contribution in [3.63, 3.8) is 0 Å². The van der Waals surface area contributed by atoms with Gasteiger partial charge in [-0.2, -0.15) is 30.7 Å². The van der Waals surface area contributed by atoms with Gasteiger partial charge in [0.05, 0.1) is 6.10 Å². The topological polar surface area (TPSA) is 20.2 Å². The zero-order valence-corrected chi connectivity index (χ0v) is 10.2. The summed E-state index contributed by atoms with van der Waals surface area (Å²) >= 11 is 0. The molecule has 0 radical (unpaired) electrons. The summed E-state index contributed by atoms with van der Waals surface area (Å²) in [6.07, 6.45) is -10.5. The molecule has 1 aromatic rings. The summed E-state index contributed by atoms with van der Waals surface area (Å²) in [5, 5.41) is 9.49. The van der Waals surface area contributed by atoms with Crippen molar-refractivity contribution in [3.05, 3.63) is 35.4 Å². The molecule has 1 nitrogen and oxygen atoms in total. The van der Waals surface area contributed by atoms with E-state index >= 15 is 0 Å². The van der Waals surface area contributed by atoms with Crippen molar-refractivity contribution in [3.8, 4) is 0 Å². The molecule has 0 aliphatic rings. The lowest BCUT2D eigenvalue weighted by molar-refractivity contribution is -0.358. The van der Waals surface area contributed by atoms with Crippen LogP contribution in [-0.2, 0) is 0 Å². The van der Waals surface area contributed by atoms with Crippen LogP contribution in [0.5, 0.6) is 0 Å². The minimum absolute atomic E-state index is 0.120. The maximum atomic E-state index is 13.1. The molecule has 0 heterocycles. The zero-order chi connectivity index (χ0) is 15.8. The molecule has 0 aliphatic carbocycles. The van der Waals surface area contributed by atoms with Gasteiger partial charge in [0.15, 0.2) is 0 Å². The van der Waals surface area contributed by atoms with Gasteiger partial charge < -0.3 is 5.11 Å². The van der Waals surface area contributed by atoms with Gasteiger partial charge in [0.25, 0.3) is 0 Å². The molecule has 1 atom stereocenters. The van der Waals surface area contributed by atoms with Gasteiger partial charge >= 0.3 is 18.0 Å². The van der Waals surface area contributed by atoms with E-state index in [1.165, 1.54) is 31.2 Å². The number of benzene rings is 1. The van der Waals surface area contributed by atoms with E-state index in [1.54, 1.807) is 0 Å². The highest BCUT2D eigenvalue weighted by atomic mass is 19.4. The highest BCUT2D eigenvalue weighted by Crippen LogP contribution is 2.49. The van der Waals surface area contributed by atoms with Crippen molar-refractivity contribution in [2.75, 3.05) is 0 Å². The standard InChI is InChI=1S/C12H11F7O/c1-7-4-2-3-5-8(7)9(20)6-10(13,14)11(15,16)12(17,18)19/h2-5,9,20H,6H2,1H3. The third-order valence-corrected chi connectivity index (χ3v) is 2.81. The van der Waals surface area contributed by atoms with Gasteiger partial charge in [0.1, 0.15) is 0 Å². The predicted octanol–water partition coefficient (Wildman–Crippen LogP) is 4.25. The van der Waals surface area contributed by atoms with Crippen molar-refractivity contribution in [2.45, 2.75) is 37.5 Å². The zero-order valence-electron chi connectivity index (χ0n) is 10.2. The second kappa shape index (κ2) is 5.23. The van der Waals surface area contributed by atoms with Crippen molar-refractivity contribution in [2.24, 2.45) is 0 Å². The number of alkyl halides is 7. The molecule has 0 spiro atoms. The molecule has 20 heavy (non-hydrogen) atoms. The van der Waals surface area contributed by atoms with Crippen LogP contribution in [0.3, 0.4) is 0 Å². The minimum atomic E-state index is -6.39. The molecule has 1 rings (SSSR count). The molecule has 1 unspecified atom stereocenters. The third kappa shape index (κ3) is 3.05. The summed E-state index contributed by atoms with van der Waals surface area (Å²) in [6, 6.07) is 5.46. The van der Waals surface area contributed by atoms with Crippen LogP contribution < -0.4 is 0 Å². The Morgan fingerprint density at radius 2 is 1.50 bits per heavy atom. The van der Waals surface area contributed by atoms with Crippen LogP contribution in [0.25, 0.3) is 0 Å². The first-order valence-electron chi connectivity index (χ1n) is 5.46. The van der Waals surface area contributed by atoms with Gasteiger partial charge in [-0.3, -0.25) is 0 Å². The summed E-state index contributed by atoms with van der Waals surface area (Å²) in [7, 11) is 0. The number of hydrogen-bond acceptors (Lipinski definition) is 1. The average molecular weight is 304 g/mol. The van der Waals surface area contributed by atoms with E-state index < -0.39 is 30.5 Å². The molecule has 0 saturated heterocycles. The number of rotatable bonds is 4. The van der Waals surface area contributed by atoms with E-state index in [0.29, 0.717) is 5.56 Å². The van der Waals surface area contributed by atoms with Crippen LogP contribution in [0.4, 0.5) is 30.7 Å². The van der Waals surface area contributed by atoms with Gasteiger partial charge in [-0.05, 0) is 18.1 Å². The first-order chi connectivity index (χ1) is 8.90. The molecule has 1 aromatic carbocycles. The molecule has 0 aliphatic heterocycles. The van der Waals surface area contributed by atoms with Gasteiger partial charge in [-0.25, -0.2) is 0 Å². The first kappa shape index (κ1) is 16.7. The van der Waals surface area contributed by atoms with Crippen LogP contribution in [0.15, 0.2) is 24.3 Å². The highest BCUT2D eigenvalue weighted by molar-refractivity contribution is 5.27. The molecule has 0 saturated carbocycles. The molecule has 1 N–H and O–H groups in total. The fourth-order valence-corrected chi connectivity index (χ4v) is 1.65. The summed E-state index contributed by atoms with van der Waals surface area (Å²) in [4.78, 5) is 0. The quantitative estimate of drug-likeness (QED) is 0.824. The second-order valence-corrected chi connectivity index (χ2v) is 4.35. The summed E-state index contributed by atoms with van der Waals surface area (Å²) in [6.45, 7) is 1.42. The van der Waals surface area contributed by atoms with Crippen LogP contribution in [0, 0.1) is 6.92 Å². The maximum Gasteiger partial charge on any atom is 0.459 e. The molecular formula is C12H11F7O. The number of hydrogen-bond donors (Lipinski definition) is 1. The SMILES string of the molecule is Cc1ccccc1C(O)CC(F)(F)C(F)(F)C(F)(F)F. The smallest absolute Gasteiger partial charge is 0.388 e. The van der Waals surface area contributed by atoms with Crippen molar-refractivity contribution >= 4 is 0 Å². The summed E-state index contributed by atoms with van der Waals surface area (Å²) < 4.78 is 87.5. The van der Waals surface area contributed by atoms with E-state index in [0.717, 1.165) is 0 Å². The van der Waals surface area contributed by atoms with Crippen LogP contribution >= 0.6 is 0 Å². The van der Waals surface area contributed by atoms with Crippen LogP contribution in [0.1, 0.15) is 23.7 Å². The van der Waals surface area contributed by atoms with Crippen molar-refractivity contribution in [1.29, 1.82) is 0 Å². The lowest BCUT2D eigenvalue weighted by atomic mass is 9.96. The van der Waals surface area contributed by atoms with Crippen LogP contribution in [-0.4, -0.2) is 23.1 Å². The molecule has 0 fully saturated rings. The number of aliphatic hydroxyl groups is 1. The van der Waals surface area contributed by atoms with Gasteiger partial charge in [-0.1, -0.05) is 24.3 Å². The van der Waals surface area contributed by atoms with E-state index in [2.05, 4.69) is 0 Å². The fraction of sp³-hybridized carbons (Fsp3) is 0.500. The van der Waals surface area contributed by atoms with E-state index in [1.807, 2.05) is 0 Å². The monoisotopic (exact) mass is 304 g/mol. The van der Waals surface area contributed by atoms with Crippen molar-refractivity contribution in [1.82, 2.24) is 0 Å². The maximum absolute atomic E-state index is 13.1. The minimum Gasteiger partial charge on any atom is -0.388 e. The average Bonchev–Trinajstić information content (AvgIpc) is 2.26. The molecule has 0 bridgehead atoms. The van der Waals surface area contributed by atoms with Gasteiger partial charge in [-0.15, -0.1) is 0 Å². The first-order valence-corrected chi connectivity index (χ1v) is 5.46. The third-order valence-electron chi connectivity index (χ3n) is 2.81. The van der Waals surface area contributed by atoms with Crippen LogP contribution in [0.2, 0.25) is 0 Å². The Kier molecular flexibility index (Phi) is 4.38. The second-order valence-electron chi connectivity index (χ2n) is 4.35. The van der Waals surface area contributed by atoms with E-state index in [4.69, 9.17) is 0 Å². The predicted molar refractivity (Wildman–Crippen MR) is 56.7 cm³/mol. The Morgan fingerprint density at radius 1 is 1.00 bits per heavy atom. The molecule has 0 aromatic heterocycles. The highest BCUT2D eigenvalue weighted by Gasteiger charge is 2.72. The Labute approximate surface area is 110 Å². The largest absolute Gasteiger partial charge is 0.459 e. The lowest BCUT2D eigenvalue weighted by Crippen LogP contribution is -2.52. The Morgan fingerprint density at radius 3 is 1.95 bits per heavy atom. The number of aryl methyl sites for hydroxylation is 1. The fourth-order valence-electron chi connectivity index (χ4n) is 1.65. The molecular weight excluding hydrogens is 293 g/mol. The Bertz CT molecular complexity index is 467. The number of aliphatic hydroxyl groups excluding tert-OH is 1. The van der Waals surface area contributed by atoms with Crippen molar-refractivity contribution < 1.29 is 35.8 Å². The Hall–Kier alpha value is -1.31. The van der Waals surface area contributed by atoms with E-state index in [9.17, 15) is 35.8 Å². The summed E-state index contributed by atoms with van der Waals surface area (Å²) in [5.74, 6) is -11.6.